The molecule has 0 bridgehead atoms. The first-order valence-corrected chi connectivity index (χ1v) is 5.77. The number of amides is 2. The number of hydrogen-bond acceptors (Lipinski definition) is 3. The monoisotopic (exact) mass is 254 g/mol. The number of aromatic nitrogens is 2. The summed E-state index contributed by atoms with van der Waals surface area (Å²) < 4.78 is 0. The number of rotatable bonds is 6. The van der Waals surface area contributed by atoms with Crippen molar-refractivity contribution >= 4 is 12.0 Å². The number of imidazole rings is 1. The maximum absolute atomic E-state index is 11.8. The molecule has 0 fully saturated rings. The molecule has 1 aromatic rings. The zero-order chi connectivity index (χ0) is 13.5. The van der Waals surface area contributed by atoms with Gasteiger partial charge in [-0.1, -0.05) is 13.3 Å². The van der Waals surface area contributed by atoms with E-state index in [1.807, 2.05) is 6.92 Å². The van der Waals surface area contributed by atoms with Gasteiger partial charge in [0.1, 0.15) is 11.9 Å². The summed E-state index contributed by atoms with van der Waals surface area (Å²) in [6, 6.07) is -1.27. The summed E-state index contributed by atoms with van der Waals surface area (Å²) in [6.45, 7) is 2.17. The second kappa shape index (κ2) is 6.63. The van der Waals surface area contributed by atoms with Crippen LogP contribution < -0.4 is 5.32 Å². The predicted molar refractivity (Wildman–Crippen MR) is 64.9 cm³/mol. The predicted octanol–water partition coefficient (Wildman–Crippen LogP) is 0.804. The Kier molecular flexibility index (Phi) is 5.16. The number of urea groups is 1. The Morgan fingerprint density at radius 1 is 1.61 bits per heavy atom. The van der Waals surface area contributed by atoms with Gasteiger partial charge in [0.25, 0.3) is 0 Å². The Balaban J connectivity index is 2.50. The number of carbonyl (C=O) groups excluding carboxylic acids is 1. The largest absolute Gasteiger partial charge is 0.480 e. The Morgan fingerprint density at radius 3 is 2.83 bits per heavy atom. The van der Waals surface area contributed by atoms with Crippen LogP contribution in [0.5, 0.6) is 0 Å². The van der Waals surface area contributed by atoms with Gasteiger partial charge in [-0.2, -0.15) is 0 Å². The Hall–Kier alpha value is -2.05. The van der Waals surface area contributed by atoms with Gasteiger partial charge in [-0.15, -0.1) is 0 Å². The third-order valence-electron chi connectivity index (χ3n) is 2.46. The number of carboxylic acids is 1. The van der Waals surface area contributed by atoms with E-state index in [4.69, 9.17) is 5.11 Å². The van der Waals surface area contributed by atoms with E-state index in [-0.39, 0.29) is 0 Å². The lowest BCUT2D eigenvalue weighted by Gasteiger charge is -2.20. The molecular formula is C11H18N4O3. The summed E-state index contributed by atoms with van der Waals surface area (Å²) >= 11 is 0. The summed E-state index contributed by atoms with van der Waals surface area (Å²) in [5, 5.41) is 11.4. The molecule has 2 amide bonds. The van der Waals surface area contributed by atoms with Crippen molar-refractivity contribution in [2.45, 2.75) is 32.4 Å². The number of carbonyl (C=O) groups is 2. The van der Waals surface area contributed by atoms with Crippen LogP contribution in [-0.4, -0.2) is 45.1 Å². The molecule has 3 N–H and O–H groups in total. The highest BCUT2D eigenvalue weighted by molar-refractivity contribution is 5.82. The fourth-order valence-electron chi connectivity index (χ4n) is 1.49. The van der Waals surface area contributed by atoms with E-state index < -0.39 is 18.0 Å². The first-order chi connectivity index (χ1) is 8.54. The van der Waals surface area contributed by atoms with E-state index in [0.29, 0.717) is 25.2 Å². The number of carboxylic acid groups (broad SMARTS) is 1. The molecule has 0 aromatic carbocycles. The molecule has 0 spiro atoms. The molecule has 0 aliphatic carbocycles. The summed E-state index contributed by atoms with van der Waals surface area (Å²) in [6.07, 6.45) is 4.37. The SMILES string of the molecule is CCC[C@@H](NC(=O)N(C)Cc1ncc[nH]1)C(=O)O. The summed E-state index contributed by atoms with van der Waals surface area (Å²) in [5.74, 6) is -0.369. The normalized spacial score (nSPS) is 11.9. The van der Waals surface area contributed by atoms with Gasteiger partial charge in [-0.05, 0) is 6.42 Å². The second-order valence-corrected chi connectivity index (χ2v) is 4.02. The third-order valence-corrected chi connectivity index (χ3v) is 2.46. The van der Waals surface area contributed by atoms with Gasteiger partial charge in [0.2, 0.25) is 0 Å². The van der Waals surface area contributed by atoms with Crippen LogP contribution in [0.1, 0.15) is 25.6 Å². The van der Waals surface area contributed by atoms with Gasteiger partial charge in [0.15, 0.2) is 0 Å². The minimum absolute atomic E-state index is 0.303. The van der Waals surface area contributed by atoms with Gasteiger partial charge < -0.3 is 20.3 Å². The average Bonchev–Trinajstić information content (AvgIpc) is 2.80. The molecule has 1 heterocycles. The van der Waals surface area contributed by atoms with Gasteiger partial charge in [0.05, 0.1) is 6.54 Å². The van der Waals surface area contributed by atoms with E-state index in [0.717, 1.165) is 0 Å². The molecule has 0 aliphatic heterocycles. The van der Waals surface area contributed by atoms with Crippen LogP contribution in [0.15, 0.2) is 12.4 Å². The number of aliphatic carboxylic acids is 1. The fourth-order valence-corrected chi connectivity index (χ4v) is 1.49. The lowest BCUT2D eigenvalue weighted by molar-refractivity contribution is -0.139. The lowest BCUT2D eigenvalue weighted by atomic mass is 10.2. The first kappa shape index (κ1) is 14.0. The van der Waals surface area contributed by atoms with E-state index in [9.17, 15) is 9.59 Å². The highest BCUT2D eigenvalue weighted by atomic mass is 16.4. The molecule has 0 unspecified atom stereocenters. The Bertz CT molecular complexity index is 391. The molecule has 0 saturated carbocycles. The van der Waals surface area contributed by atoms with E-state index in [2.05, 4.69) is 15.3 Å². The zero-order valence-corrected chi connectivity index (χ0v) is 10.5. The topological polar surface area (TPSA) is 98.3 Å². The van der Waals surface area contributed by atoms with Crippen LogP contribution in [0.3, 0.4) is 0 Å². The van der Waals surface area contributed by atoms with Crippen molar-refractivity contribution in [3.8, 4) is 0 Å². The third kappa shape index (κ3) is 4.08. The summed E-state index contributed by atoms with van der Waals surface area (Å²) in [7, 11) is 1.59. The van der Waals surface area contributed by atoms with Crippen molar-refractivity contribution < 1.29 is 14.7 Å². The molecular weight excluding hydrogens is 236 g/mol. The van der Waals surface area contributed by atoms with Gasteiger partial charge in [-0.25, -0.2) is 14.6 Å². The number of H-pyrrole nitrogens is 1. The summed E-state index contributed by atoms with van der Waals surface area (Å²) in [4.78, 5) is 30.9. The highest BCUT2D eigenvalue weighted by Crippen LogP contribution is 2.00. The Labute approximate surface area is 105 Å². The van der Waals surface area contributed by atoms with E-state index >= 15 is 0 Å². The molecule has 1 atom stereocenters. The van der Waals surface area contributed by atoms with Crippen molar-refractivity contribution in [1.82, 2.24) is 20.2 Å². The van der Waals surface area contributed by atoms with Gasteiger partial charge in [-0.3, -0.25) is 0 Å². The van der Waals surface area contributed by atoms with Crippen LogP contribution in [0.4, 0.5) is 4.79 Å². The van der Waals surface area contributed by atoms with E-state index in [1.54, 1.807) is 19.4 Å². The van der Waals surface area contributed by atoms with Crippen LogP contribution in [0, 0.1) is 0 Å². The van der Waals surface area contributed by atoms with Crippen molar-refractivity contribution in [1.29, 1.82) is 0 Å². The standard InChI is InChI=1S/C11H18N4O3/c1-3-4-8(10(16)17)14-11(18)15(2)7-9-12-5-6-13-9/h5-6,8H,3-4,7H2,1-2H3,(H,12,13)(H,14,18)(H,16,17)/t8-/m1/s1. The van der Waals surface area contributed by atoms with Crippen LogP contribution >= 0.6 is 0 Å². The van der Waals surface area contributed by atoms with Crippen molar-refractivity contribution in [3.63, 3.8) is 0 Å². The minimum atomic E-state index is -1.02. The maximum Gasteiger partial charge on any atom is 0.326 e. The second-order valence-electron chi connectivity index (χ2n) is 4.02. The zero-order valence-electron chi connectivity index (χ0n) is 10.5. The molecule has 0 radical (unpaired) electrons. The molecule has 0 saturated heterocycles. The van der Waals surface area contributed by atoms with Crippen molar-refractivity contribution in [2.24, 2.45) is 0 Å². The molecule has 7 heteroatoms. The molecule has 7 nitrogen and oxygen atoms in total. The smallest absolute Gasteiger partial charge is 0.326 e. The van der Waals surface area contributed by atoms with Crippen molar-refractivity contribution in [2.75, 3.05) is 7.05 Å². The highest BCUT2D eigenvalue weighted by Gasteiger charge is 2.20. The molecule has 0 aliphatic rings. The fraction of sp³-hybridized carbons (Fsp3) is 0.545. The maximum atomic E-state index is 11.8. The molecule has 100 valence electrons. The summed E-state index contributed by atoms with van der Waals surface area (Å²) in [5.41, 5.74) is 0. The quantitative estimate of drug-likeness (QED) is 0.699. The Morgan fingerprint density at radius 2 is 2.33 bits per heavy atom. The molecule has 1 rings (SSSR count). The number of nitrogens with zero attached hydrogens (tertiary/aromatic N) is 2. The first-order valence-electron chi connectivity index (χ1n) is 5.77. The number of aromatic amines is 1. The lowest BCUT2D eigenvalue weighted by Crippen LogP contribution is -2.46. The van der Waals surface area contributed by atoms with Crippen LogP contribution in [0.25, 0.3) is 0 Å². The number of hydrogen-bond donors (Lipinski definition) is 3. The number of nitrogens with one attached hydrogen (secondary N) is 2. The minimum Gasteiger partial charge on any atom is -0.480 e. The van der Waals surface area contributed by atoms with Crippen LogP contribution in [-0.2, 0) is 11.3 Å². The molecule has 1 aromatic heterocycles. The van der Waals surface area contributed by atoms with Crippen molar-refractivity contribution in [3.05, 3.63) is 18.2 Å². The van der Waals surface area contributed by atoms with E-state index in [1.165, 1.54) is 4.90 Å². The van der Waals surface area contributed by atoms with Gasteiger partial charge in [0, 0.05) is 19.4 Å². The van der Waals surface area contributed by atoms with Gasteiger partial charge >= 0.3 is 12.0 Å². The molecule has 18 heavy (non-hydrogen) atoms. The average molecular weight is 254 g/mol. The van der Waals surface area contributed by atoms with Crippen LogP contribution in [0.2, 0.25) is 0 Å².